The summed E-state index contributed by atoms with van der Waals surface area (Å²) < 4.78 is 19.4. The van der Waals surface area contributed by atoms with Crippen LogP contribution in [0.2, 0.25) is 0 Å². The summed E-state index contributed by atoms with van der Waals surface area (Å²) >= 11 is 0. The molecule has 1 atom stereocenters. The molecule has 3 N–H and O–H groups in total. The Balaban J connectivity index is 2.42. The van der Waals surface area contributed by atoms with Gasteiger partial charge >= 0.3 is 5.97 Å². The zero-order chi connectivity index (χ0) is 14.0. The van der Waals surface area contributed by atoms with Gasteiger partial charge in [-0.15, -0.1) is 0 Å². The second-order valence-corrected chi connectivity index (χ2v) is 4.53. The molecular weight excluding hydrogens is 251 g/mol. The maximum atomic E-state index is 14.0. The summed E-state index contributed by atoms with van der Waals surface area (Å²) in [6.07, 6.45) is 0.798. The minimum atomic E-state index is -1.15. The lowest BCUT2D eigenvalue weighted by molar-refractivity contribution is 0.0698. The maximum Gasteiger partial charge on any atom is 0.337 e. The van der Waals surface area contributed by atoms with Gasteiger partial charge in [-0.2, -0.15) is 0 Å². The fourth-order valence-electron chi connectivity index (χ4n) is 2.29. The van der Waals surface area contributed by atoms with Crippen LogP contribution in [-0.4, -0.2) is 36.9 Å². The topological polar surface area (TPSA) is 75.8 Å². The van der Waals surface area contributed by atoms with Crippen molar-refractivity contribution in [2.75, 3.05) is 30.4 Å². The van der Waals surface area contributed by atoms with Crippen LogP contribution < -0.4 is 10.6 Å². The lowest BCUT2D eigenvalue weighted by Crippen LogP contribution is -2.45. The lowest BCUT2D eigenvalue weighted by Gasteiger charge is -2.37. The molecule has 1 aliphatic heterocycles. The van der Waals surface area contributed by atoms with Gasteiger partial charge in [0.25, 0.3) is 0 Å². The first-order valence-electron chi connectivity index (χ1n) is 6.21. The molecule has 1 fully saturated rings. The molecule has 0 bridgehead atoms. The summed E-state index contributed by atoms with van der Waals surface area (Å²) in [5.41, 5.74) is 5.67. The van der Waals surface area contributed by atoms with Crippen LogP contribution in [-0.2, 0) is 4.74 Å². The standard InChI is InChI=1S/C13H17FN2O3/c1-2-8-7-19-4-3-16(8)12-5-9(13(17)18)11(15)6-10(12)14/h5-6,8H,2-4,7,15H2,1H3,(H,17,18). The molecule has 1 aromatic carbocycles. The molecule has 5 nitrogen and oxygen atoms in total. The van der Waals surface area contributed by atoms with Crippen LogP contribution in [0.5, 0.6) is 0 Å². The molecule has 0 amide bonds. The van der Waals surface area contributed by atoms with Gasteiger partial charge in [0.2, 0.25) is 0 Å². The number of nitrogens with two attached hydrogens (primary N) is 1. The minimum absolute atomic E-state index is 0.0496. The zero-order valence-corrected chi connectivity index (χ0v) is 10.7. The second kappa shape index (κ2) is 5.44. The smallest absolute Gasteiger partial charge is 0.337 e. The van der Waals surface area contributed by atoms with E-state index in [1.807, 2.05) is 11.8 Å². The van der Waals surface area contributed by atoms with Gasteiger partial charge in [0.1, 0.15) is 5.82 Å². The quantitative estimate of drug-likeness (QED) is 0.816. The van der Waals surface area contributed by atoms with Crippen LogP contribution >= 0.6 is 0 Å². The minimum Gasteiger partial charge on any atom is -0.478 e. The number of morpholine rings is 1. The fraction of sp³-hybridized carbons (Fsp3) is 0.462. The average molecular weight is 268 g/mol. The Morgan fingerprint density at radius 3 is 3.00 bits per heavy atom. The van der Waals surface area contributed by atoms with E-state index in [1.54, 1.807) is 0 Å². The number of hydrogen-bond acceptors (Lipinski definition) is 4. The predicted octanol–water partition coefficient (Wildman–Crippen LogP) is 1.72. The first kappa shape index (κ1) is 13.6. The van der Waals surface area contributed by atoms with Crippen molar-refractivity contribution in [1.82, 2.24) is 0 Å². The van der Waals surface area contributed by atoms with E-state index in [9.17, 15) is 9.18 Å². The number of ether oxygens (including phenoxy) is 1. The number of nitrogen functional groups attached to an aromatic ring is 1. The molecule has 1 saturated heterocycles. The summed E-state index contributed by atoms with van der Waals surface area (Å²) in [7, 11) is 0. The molecule has 0 aliphatic carbocycles. The molecule has 1 aliphatic rings. The third kappa shape index (κ3) is 2.63. The van der Waals surface area contributed by atoms with Crippen LogP contribution in [0.3, 0.4) is 0 Å². The fourth-order valence-corrected chi connectivity index (χ4v) is 2.29. The highest BCUT2D eigenvalue weighted by Gasteiger charge is 2.25. The number of hydrogen-bond donors (Lipinski definition) is 2. The highest BCUT2D eigenvalue weighted by atomic mass is 19.1. The van der Waals surface area contributed by atoms with E-state index in [-0.39, 0.29) is 23.0 Å². The van der Waals surface area contributed by atoms with Crippen LogP contribution in [0.15, 0.2) is 12.1 Å². The van der Waals surface area contributed by atoms with E-state index in [1.165, 1.54) is 6.07 Å². The van der Waals surface area contributed by atoms with Gasteiger partial charge in [0.15, 0.2) is 0 Å². The van der Waals surface area contributed by atoms with Gasteiger partial charge in [0, 0.05) is 12.2 Å². The van der Waals surface area contributed by atoms with Crippen molar-refractivity contribution in [3.8, 4) is 0 Å². The molecule has 19 heavy (non-hydrogen) atoms. The highest BCUT2D eigenvalue weighted by molar-refractivity contribution is 5.95. The Hall–Kier alpha value is -1.82. The number of halogens is 1. The summed E-state index contributed by atoms with van der Waals surface area (Å²) in [5, 5.41) is 9.06. The summed E-state index contributed by atoms with van der Waals surface area (Å²) in [6, 6.07) is 2.43. The van der Waals surface area contributed by atoms with Crippen molar-refractivity contribution < 1.29 is 19.0 Å². The lowest BCUT2D eigenvalue weighted by atomic mass is 10.1. The Kier molecular flexibility index (Phi) is 3.90. The van der Waals surface area contributed by atoms with Crippen molar-refractivity contribution in [3.63, 3.8) is 0 Å². The van der Waals surface area contributed by atoms with E-state index in [0.717, 1.165) is 12.5 Å². The molecule has 0 spiro atoms. The molecular formula is C13H17FN2O3. The number of carbonyl (C=O) groups is 1. The molecule has 0 radical (unpaired) electrons. The maximum absolute atomic E-state index is 14.0. The van der Waals surface area contributed by atoms with Gasteiger partial charge in [0.05, 0.1) is 30.5 Å². The van der Waals surface area contributed by atoms with E-state index in [4.69, 9.17) is 15.6 Å². The van der Waals surface area contributed by atoms with Crippen LogP contribution in [0, 0.1) is 5.82 Å². The normalized spacial score (nSPS) is 19.5. The molecule has 1 aromatic rings. The molecule has 1 unspecified atom stereocenters. The van der Waals surface area contributed by atoms with E-state index < -0.39 is 11.8 Å². The van der Waals surface area contributed by atoms with Crippen molar-refractivity contribution >= 4 is 17.3 Å². The largest absolute Gasteiger partial charge is 0.478 e. The molecule has 1 heterocycles. The van der Waals surface area contributed by atoms with Crippen molar-refractivity contribution in [2.24, 2.45) is 0 Å². The first-order valence-corrected chi connectivity index (χ1v) is 6.21. The van der Waals surface area contributed by atoms with Crippen molar-refractivity contribution in [3.05, 3.63) is 23.5 Å². The SMILES string of the molecule is CCC1COCCN1c1cc(C(=O)O)c(N)cc1F. The first-order chi connectivity index (χ1) is 9.04. The van der Waals surface area contributed by atoms with Crippen LogP contribution in [0.1, 0.15) is 23.7 Å². The van der Waals surface area contributed by atoms with Gasteiger partial charge in [-0.1, -0.05) is 6.92 Å². The Labute approximate surface area is 110 Å². The number of benzene rings is 1. The van der Waals surface area contributed by atoms with Gasteiger partial charge in [-0.25, -0.2) is 9.18 Å². The summed E-state index contributed by atoms with van der Waals surface area (Å²) in [4.78, 5) is 12.9. The molecule has 0 saturated carbocycles. The Morgan fingerprint density at radius 1 is 1.63 bits per heavy atom. The van der Waals surface area contributed by atoms with E-state index >= 15 is 0 Å². The Bertz CT molecular complexity index is 493. The zero-order valence-electron chi connectivity index (χ0n) is 10.7. The van der Waals surface area contributed by atoms with Crippen molar-refractivity contribution in [2.45, 2.75) is 19.4 Å². The van der Waals surface area contributed by atoms with Gasteiger partial charge in [-0.05, 0) is 18.6 Å². The molecule has 6 heteroatoms. The molecule has 2 rings (SSSR count). The number of carboxylic acid groups (broad SMARTS) is 1. The number of rotatable bonds is 3. The van der Waals surface area contributed by atoms with Crippen molar-refractivity contribution in [1.29, 1.82) is 0 Å². The summed E-state index contributed by atoms with van der Waals surface area (Å²) in [5.74, 6) is -1.65. The molecule has 0 aromatic heterocycles. The monoisotopic (exact) mass is 268 g/mol. The van der Waals surface area contributed by atoms with Crippen LogP contribution in [0.25, 0.3) is 0 Å². The summed E-state index contributed by atoms with van der Waals surface area (Å²) in [6.45, 7) is 3.55. The number of nitrogens with zero attached hydrogens (tertiary/aromatic N) is 1. The molecule has 104 valence electrons. The predicted molar refractivity (Wildman–Crippen MR) is 70.0 cm³/mol. The second-order valence-electron chi connectivity index (χ2n) is 4.53. The number of carboxylic acids is 1. The number of anilines is 2. The van der Waals surface area contributed by atoms with Gasteiger partial charge in [-0.3, -0.25) is 0 Å². The Morgan fingerprint density at radius 2 is 2.37 bits per heavy atom. The third-order valence-corrected chi connectivity index (χ3v) is 3.36. The van der Waals surface area contributed by atoms with Crippen LogP contribution in [0.4, 0.5) is 15.8 Å². The van der Waals surface area contributed by atoms with E-state index in [0.29, 0.717) is 19.8 Å². The number of aromatic carboxylic acids is 1. The highest BCUT2D eigenvalue weighted by Crippen LogP contribution is 2.29. The van der Waals surface area contributed by atoms with E-state index in [2.05, 4.69) is 0 Å². The third-order valence-electron chi connectivity index (χ3n) is 3.36. The average Bonchev–Trinajstić information content (AvgIpc) is 2.38. The van der Waals surface area contributed by atoms with Gasteiger partial charge < -0.3 is 20.5 Å².